The molecule has 0 spiro atoms. The van der Waals surface area contributed by atoms with Crippen LogP contribution in [0.4, 0.5) is 0 Å². The summed E-state index contributed by atoms with van der Waals surface area (Å²) in [6.45, 7) is 9.95. The van der Waals surface area contributed by atoms with Gasteiger partial charge in [0.25, 0.3) is 0 Å². The smallest absolute Gasteiger partial charge is 0.0793 e. The summed E-state index contributed by atoms with van der Waals surface area (Å²) in [5.74, 6) is 0.173. The first-order valence-corrected chi connectivity index (χ1v) is 9.44. The molecule has 0 aromatic heterocycles. The van der Waals surface area contributed by atoms with Gasteiger partial charge >= 0.3 is 0 Å². The number of rotatable bonds is 8. The van der Waals surface area contributed by atoms with Crippen LogP contribution in [-0.4, -0.2) is 46.5 Å². The SMILES string of the molecule is CC(C)N(CCC(C1=CC(CO)=CCC1O)c1ccccc1)C(C)C. The summed E-state index contributed by atoms with van der Waals surface area (Å²) in [4.78, 5) is 2.49. The topological polar surface area (TPSA) is 43.7 Å². The van der Waals surface area contributed by atoms with Crippen LogP contribution in [0.25, 0.3) is 0 Å². The Labute approximate surface area is 152 Å². The zero-order valence-electron chi connectivity index (χ0n) is 16.0. The van der Waals surface area contributed by atoms with E-state index in [0.717, 1.165) is 24.1 Å². The van der Waals surface area contributed by atoms with Crippen LogP contribution in [0.2, 0.25) is 0 Å². The predicted molar refractivity (Wildman–Crippen MR) is 105 cm³/mol. The van der Waals surface area contributed by atoms with E-state index in [1.807, 2.05) is 18.2 Å². The van der Waals surface area contributed by atoms with E-state index < -0.39 is 6.10 Å². The molecule has 0 saturated heterocycles. The van der Waals surface area contributed by atoms with Gasteiger partial charge in [-0.1, -0.05) is 42.5 Å². The van der Waals surface area contributed by atoms with Gasteiger partial charge < -0.3 is 10.2 Å². The lowest BCUT2D eigenvalue weighted by Gasteiger charge is -2.34. The highest BCUT2D eigenvalue weighted by atomic mass is 16.3. The van der Waals surface area contributed by atoms with Gasteiger partial charge in [-0.15, -0.1) is 0 Å². The zero-order chi connectivity index (χ0) is 18.4. The Balaban J connectivity index is 2.28. The zero-order valence-corrected chi connectivity index (χ0v) is 16.0. The van der Waals surface area contributed by atoms with Crippen LogP contribution in [0, 0.1) is 0 Å². The largest absolute Gasteiger partial charge is 0.392 e. The molecule has 25 heavy (non-hydrogen) atoms. The van der Waals surface area contributed by atoms with Gasteiger partial charge in [-0.25, -0.2) is 0 Å². The lowest BCUT2D eigenvalue weighted by molar-refractivity contribution is 0.164. The highest BCUT2D eigenvalue weighted by molar-refractivity contribution is 5.39. The molecule has 2 atom stereocenters. The maximum absolute atomic E-state index is 10.6. The lowest BCUT2D eigenvalue weighted by Crippen LogP contribution is -2.38. The first-order valence-electron chi connectivity index (χ1n) is 9.44. The number of aliphatic hydroxyl groups is 2. The molecule has 0 saturated carbocycles. The van der Waals surface area contributed by atoms with Crippen molar-refractivity contribution in [3.63, 3.8) is 0 Å². The molecule has 0 heterocycles. The first-order chi connectivity index (χ1) is 11.9. The van der Waals surface area contributed by atoms with Crippen LogP contribution in [0.3, 0.4) is 0 Å². The molecule has 2 unspecified atom stereocenters. The highest BCUT2D eigenvalue weighted by Crippen LogP contribution is 2.34. The predicted octanol–water partition coefficient (Wildman–Crippen LogP) is 3.89. The van der Waals surface area contributed by atoms with Crippen LogP contribution in [-0.2, 0) is 0 Å². The molecule has 1 aromatic carbocycles. The summed E-state index contributed by atoms with van der Waals surface area (Å²) >= 11 is 0. The summed E-state index contributed by atoms with van der Waals surface area (Å²) in [6, 6.07) is 11.4. The van der Waals surface area contributed by atoms with Crippen molar-refractivity contribution in [3.8, 4) is 0 Å². The number of hydrogen-bond acceptors (Lipinski definition) is 3. The van der Waals surface area contributed by atoms with E-state index in [9.17, 15) is 10.2 Å². The summed E-state index contributed by atoms with van der Waals surface area (Å²) in [5, 5.41) is 20.1. The van der Waals surface area contributed by atoms with Crippen molar-refractivity contribution in [1.29, 1.82) is 0 Å². The normalized spacial score (nSPS) is 19.3. The monoisotopic (exact) mass is 343 g/mol. The van der Waals surface area contributed by atoms with E-state index in [1.165, 1.54) is 5.56 Å². The molecule has 0 fully saturated rings. The van der Waals surface area contributed by atoms with E-state index in [-0.39, 0.29) is 12.5 Å². The Morgan fingerprint density at radius 1 is 1.08 bits per heavy atom. The quantitative estimate of drug-likeness (QED) is 0.753. The van der Waals surface area contributed by atoms with Gasteiger partial charge in [-0.2, -0.15) is 0 Å². The van der Waals surface area contributed by atoms with Crippen LogP contribution in [0.5, 0.6) is 0 Å². The van der Waals surface area contributed by atoms with Gasteiger partial charge in [-0.05, 0) is 63.8 Å². The van der Waals surface area contributed by atoms with Crippen molar-refractivity contribution in [2.24, 2.45) is 0 Å². The second kappa shape index (κ2) is 9.33. The molecule has 0 bridgehead atoms. The second-order valence-electron chi connectivity index (χ2n) is 7.51. The van der Waals surface area contributed by atoms with Gasteiger partial charge in [0.15, 0.2) is 0 Å². The molecule has 2 rings (SSSR count). The van der Waals surface area contributed by atoms with E-state index in [4.69, 9.17) is 0 Å². The van der Waals surface area contributed by atoms with Crippen LogP contribution in [0.15, 0.2) is 53.6 Å². The fourth-order valence-corrected chi connectivity index (χ4v) is 3.81. The molecule has 3 heteroatoms. The summed E-state index contributed by atoms with van der Waals surface area (Å²) in [5.41, 5.74) is 3.18. The molecule has 0 radical (unpaired) electrons. The van der Waals surface area contributed by atoms with Gasteiger partial charge in [0.05, 0.1) is 12.7 Å². The van der Waals surface area contributed by atoms with Crippen LogP contribution in [0.1, 0.15) is 52.0 Å². The molecule has 1 aromatic rings. The molecule has 138 valence electrons. The van der Waals surface area contributed by atoms with Crippen molar-refractivity contribution in [1.82, 2.24) is 4.90 Å². The Morgan fingerprint density at radius 2 is 1.72 bits per heavy atom. The molecular weight excluding hydrogens is 310 g/mol. The van der Waals surface area contributed by atoms with Gasteiger partial charge in [-0.3, -0.25) is 4.90 Å². The molecule has 0 aliphatic heterocycles. The maximum Gasteiger partial charge on any atom is 0.0793 e. The molecule has 2 N–H and O–H groups in total. The maximum atomic E-state index is 10.6. The molecule has 1 aliphatic carbocycles. The van der Waals surface area contributed by atoms with Crippen molar-refractivity contribution >= 4 is 0 Å². The summed E-state index contributed by atoms with van der Waals surface area (Å²) in [7, 11) is 0. The lowest BCUT2D eigenvalue weighted by atomic mass is 9.81. The Bertz CT molecular complexity index is 581. The van der Waals surface area contributed by atoms with Crippen LogP contribution < -0.4 is 0 Å². The molecule has 1 aliphatic rings. The average molecular weight is 344 g/mol. The van der Waals surface area contributed by atoms with E-state index >= 15 is 0 Å². The van der Waals surface area contributed by atoms with Crippen molar-refractivity contribution in [2.45, 2.75) is 64.6 Å². The molecule has 0 amide bonds. The second-order valence-corrected chi connectivity index (χ2v) is 7.51. The van der Waals surface area contributed by atoms with Crippen molar-refractivity contribution < 1.29 is 10.2 Å². The van der Waals surface area contributed by atoms with E-state index in [2.05, 4.69) is 56.9 Å². The standard InChI is InChI=1S/C22H33NO2/c1-16(2)23(17(3)4)13-12-20(19-8-6-5-7-9-19)21-14-18(15-24)10-11-22(21)25/h5-10,14,16-17,20,22,24-25H,11-13,15H2,1-4H3. The van der Waals surface area contributed by atoms with E-state index in [0.29, 0.717) is 18.5 Å². The Morgan fingerprint density at radius 3 is 2.28 bits per heavy atom. The number of hydrogen-bond donors (Lipinski definition) is 2. The minimum Gasteiger partial charge on any atom is -0.392 e. The van der Waals surface area contributed by atoms with Gasteiger partial charge in [0.1, 0.15) is 0 Å². The molecular formula is C22H33NO2. The van der Waals surface area contributed by atoms with E-state index in [1.54, 1.807) is 0 Å². The molecule has 3 nitrogen and oxygen atoms in total. The summed E-state index contributed by atoms with van der Waals surface area (Å²) < 4.78 is 0. The fourth-order valence-electron chi connectivity index (χ4n) is 3.81. The minimum atomic E-state index is -0.466. The number of nitrogens with zero attached hydrogens (tertiary/aromatic N) is 1. The van der Waals surface area contributed by atoms with Crippen molar-refractivity contribution in [3.05, 3.63) is 59.2 Å². The average Bonchev–Trinajstić information content (AvgIpc) is 2.59. The number of aliphatic hydroxyl groups excluding tert-OH is 2. The van der Waals surface area contributed by atoms with Gasteiger partial charge in [0.2, 0.25) is 0 Å². The third kappa shape index (κ3) is 5.27. The summed E-state index contributed by atoms with van der Waals surface area (Å²) in [6.07, 6.45) is 5.02. The third-order valence-corrected chi connectivity index (χ3v) is 5.13. The third-order valence-electron chi connectivity index (χ3n) is 5.13. The number of benzene rings is 1. The Hall–Kier alpha value is -1.42. The Kier molecular flexibility index (Phi) is 7.42. The van der Waals surface area contributed by atoms with Crippen molar-refractivity contribution in [2.75, 3.05) is 13.2 Å². The fraction of sp³-hybridized carbons (Fsp3) is 0.545. The van der Waals surface area contributed by atoms with Crippen LogP contribution >= 0.6 is 0 Å². The highest BCUT2D eigenvalue weighted by Gasteiger charge is 2.26. The first kappa shape index (κ1) is 19.9. The minimum absolute atomic E-state index is 0.0296. The van der Waals surface area contributed by atoms with Gasteiger partial charge in [0, 0.05) is 18.0 Å².